The Kier molecular flexibility index (Phi) is 4.32. The Morgan fingerprint density at radius 2 is 1.89 bits per heavy atom. The van der Waals surface area contributed by atoms with Crippen LogP contribution in [0.4, 0.5) is 5.69 Å². The van der Waals surface area contributed by atoms with E-state index in [1.54, 1.807) is 6.92 Å². The Morgan fingerprint density at radius 1 is 1.28 bits per heavy atom. The van der Waals surface area contributed by atoms with Crippen molar-refractivity contribution in [2.24, 2.45) is 0 Å². The van der Waals surface area contributed by atoms with Crippen LogP contribution in [0.25, 0.3) is 0 Å². The second kappa shape index (κ2) is 5.22. The van der Waals surface area contributed by atoms with Crippen molar-refractivity contribution in [2.75, 3.05) is 18.0 Å². The lowest BCUT2D eigenvalue weighted by molar-refractivity contribution is 0.482. The SMILES string of the molecule is Cc1cc(S(=O)(=O)NCCS(=O)(=O)O)ccc1N. The average molecular weight is 294 g/mol. The van der Waals surface area contributed by atoms with E-state index in [9.17, 15) is 16.8 Å². The average Bonchev–Trinajstić information content (AvgIpc) is 2.19. The molecule has 0 saturated heterocycles. The summed E-state index contributed by atoms with van der Waals surface area (Å²) >= 11 is 0. The van der Waals surface area contributed by atoms with Gasteiger partial charge in [-0.2, -0.15) is 8.42 Å². The van der Waals surface area contributed by atoms with Crippen LogP contribution >= 0.6 is 0 Å². The van der Waals surface area contributed by atoms with Crippen molar-refractivity contribution in [1.82, 2.24) is 4.72 Å². The van der Waals surface area contributed by atoms with Gasteiger partial charge in [-0.3, -0.25) is 4.55 Å². The van der Waals surface area contributed by atoms with E-state index in [1.165, 1.54) is 18.2 Å². The first-order valence-electron chi connectivity index (χ1n) is 4.93. The van der Waals surface area contributed by atoms with Gasteiger partial charge in [-0.15, -0.1) is 0 Å². The van der Waals surface area contributed by atoms with Gasteiger partial charge < -0.3 is 5.73 Å². The molecule has 102 valence electrons. The summed E-state index contributed by atoms with van der Waals surface area (Å²) in [4.78, 5) is -0.00969. The number of benzene rings is 1. The van der Waals surface area contributed by atoms with Crippen LogP contribution in [0.3, 0.4) is 0 Å². The molecule has 1 aromatic carbocycles. The van der Waals surface area contributed by atoms with Gasteiger partial charge in [0.2, 0.25) is 10.0 Å². The molecule has 1 aromatic rings. The fourth-order valence-electron chi connectivity index (χ4n) is 1.20. The molecule has 0 spiro atoms. The Morgan fingerprint density at radius 3 is 2.39 bits per heavy atom. The summed E-state index contributed by atoms with van der Waals surface area (Å²) < 4.78 is 55.0. The van der Waals surface area contributed by atoms with Crippen LogP contribution in [0.1, 0.15) is 5.56 Å². The zero-order valence-corrected chi connectivity index (χ0v) is 11.3. The lowest BCUT2D eigenvalue weighted by Crippen LogP contribution is -2.29. The maximum absolute atomic E-state index is 11.8. The van der Waals surface area contributed by atoms with E-state index in [1.807, 2.05) is 0 Å². The summed E-state index contributed by atoms with van der Waals surface area (Å²) in [5, 5.41) is 0. The molecule has 0 amide bonds. The van der Waals surface area contributed by atoms with Crippen molar-refractivity contribution in [1.29, 1.82) is 0 Å². The van der Waals surface area contributed by atoms with E-state index in [2.05, 4.69) is 4.72 Å². The van der Waals surface area contributed by atoms with E-state index in [0.717, 1.165) is 0 Å². The minimum Gasteiger partial charge on any atom is -0.399 e. The Balaban J connectivity index is 2.84. The number of nitrogens with one attached hydrogen (secondary N) is 1. The fraction of sp³-hybridized carbons (Fsp3) is 0.333. The Labute approximate surface area is 106 Å². The highest BCUT2D eigenvalue weighted by molar-refractivity contribution is 7.89. The van der Waals surface area contributed by atoms with E-state index in [0.29, 0.717) is 11.3 Å². The molecule has 0 heterocycles. The number of sulfonamides is 1. The predicted molar refractivity (Wildman–Crippen MR) is 67.2 cm³/mol. The molecule has 18 heavy (non-hydrogen) atoms. The molecule has 0 aliphatic carbocycles. The Bertz CT molecular complexity index is 637. The van der Waals surface area contributed by atoms with Crippen LogP contribution in [0.15, 0.2) is 23.1 Å². The van der Waals surface area contributed by atoms with Crippen LogP contribution in [0.2, 0.25) is 0 Å². The lowest BCUT2D eigenvalue weighted by atomic mass is 10.2. The predicted octanol–water partition coefficient (Wildman–Crippen LogP) is -0.257. The van der Waals surface area contributed by atoms with E-state index < -0.39 is 32.4 Å². The highest BCUT2D eigenvalue weighted by Gasteiger charge is 2.15. The molecule has 1 rings (SSSR count). The topological polar surface area (TPSA) is 127 Å². The van der Waals surface area contributed by atoms with Crippen LogP contribution in [-0.4, -0.2) is 33.7 Å². The highest BCUT2D eigenvalue weighted by atomic mass is 32.2. The Hall–Kier alpha value is -1.16. The van der Waals surface area contributed by atoms with Gasteiger partial charge in [0.15, 0.2) is 0 Å². The van der Waals surface area contributed by atoms with Crippen molar-refractivity contribution < 1.29 is 21.4 Å². The summed E-state index contributed by atoms with van der Waals surface area (Å²) in [6.07, 6.45) is 0. The molecule has 0 unspecified atom stereocenters. The number of hydrogen-bond acceptors (Lipinski definition) is 5. The monoisotopic (exact) mass is 294 g/mol. The van der Waals surface area contributed by atoms with Crippen LogP contribution in [-0.2, 0) is 20.1 Å². The zero-order chi connectivity index (χ0) is 14.0. The lowest BCUT2D eigenvalue weighted by Gasteiger charge is -2.07. The third kappa shape index (κ3) is 4.26. The van der Waals surface area contributed by atoms with Crippen molar-refractivity contribution in [3.63, 3.8) is 0 Å². The minimum absolute atomic E-state index is 0.00969. The maximum Gasteiger partial charge on any atom is 0.266 e. The highest BCUT2D eigenvalue weighted by Crippen LogP contribution is 2.16. The van der Waals surface area contributed by atoms with Gasteiger partial charge in [-0.05, 0) is 30.7 Å². The molecule has 0 atom stereocenters. The summed E-state index contributed by atoms with van der Waals surface area (Å²) in [6.45, 7) is 1.26. The molecule has 0 fully saturated rings. The summed E-state index contributed by atoms with van der Waals surface area (Å²) in [6, 6.07) is 4.15. The first kappa shape index (κ1) is 14.9. The zero-order valence-electron chi connectivity index (χ0n) is 9.62. The summed E-state index contributed by atoms with van der Waals surface area (Å²) in [5.74, 6) is -0.680. The first-order chi connectivity index (χ1) is 8.12. The van der Waals surface area contributed by atoms with Gasteiger partial charge in [-0.1, -0.05) is 0 Å². The molecule has 0 radical (unpaired) electrons. The molecule has 0 saturated carbocycles. The number of rotatable bonds is 5. The third-order valence-electron chi connectivity index (χ3n) is 2.20. The first-order valence-corrected chi connectivity index (χ1v) is 8.02. The van der Waals surface area contributed by atoms with Crippen LogP contribution < -0.4 is 10.5 Å². The quantitative estimate of drug-likeness (QED) is 0.507. The molecule has 0 aliphatic heterocycles. The number of aryl methyl sites for hydroxylation is 1. The number of nitrogen functional groups attached to an aromatic ring is 1. The number of nitrogens with two attached hydrogens (primary N) is 1. The van der Waals surface area contributed by atoms with Gasteiger partial charge in [0.25, 0.3) is 10.1 Å². The fourth-order valence-corrected chi connectivity index (χ4v) is 2.81. The molecule has 7 nitrogen and oxygen atoms in total. The van der Waals surface area contributed by atoms with E-state index in [-0.39, 0.29) is 4.90 Å². The van der Waals surface area contributed by atoms with Crippen LogP contribution in [0.5, 0.6) is 0 Å². The van der Waals surface area contributed by atoms with E-state index in [4.69, 9.17) is 10.3 Å². The van der Waals surface area contributed by atoms with Gasteiger partial charge in [-0.25, -0.2) is 13.1 Å². The number of anilines is 1. The molecule has 0 bridgehead atoms. The van der Waals surface area contributed by atoms with Crippen LogP contribution in [0, 0.1) is 6.92 Å². The van der Waals surface area contributed by atoms with Gasteiger partial charge in [0.05, 0.1) is 10.6 Å². The maximum atomic E-state index is 11.8. The van der Waals surface area contributed by atoms with Crippen molar-refractivity contribution in [2.45, 2.75) is 11.8 Å². The second-order valence-corrected chi connectivity index (χ2v) is 7.04. The third-order valence-corrected chi connectivity index (χ3v) is 4.38. The van der Waals surface area contributed by atoms with Gasteiger partial charge in [0.1, 0.15) is 0 Å². The summed E-state index contributed by atoms with van der Waals surface area (Å²) in [7, 11) is -7.99. The smallest absolute Gasteiger partial charge is 0.266 e. The van der Waals surface area contributed by atoms with Gasteiger partial charge in [0, 0.05) is 12.2 Å². The standard InChI is InChI=1S/C9H14N2O5S2/c1-7-6-8(2-3-9(7)10)18(15,16)11-4-5-17(12,13)14/h2-3,6,11H,4-5,10H2,1H3,(H,12,13,14). The molecule has 0 aromatic heterocycles. The van der Waals surface area contributed by atoms with Crippen molar-refractivity contribution in [3.05, 3.63) is 23.8 Å². The van der Waals surface area contributed by atoms with Crippen molar-refractivity contribution in [3.8, 4) is 0 Å². The minimum atomic E-state index is -4.19. The second-order valence-electron chi connectivity index (χ2n) is 3.70. The number of hydrogen-bond donors (Lipinski definition) is 3. The van der Waals surface area contributed by atoms with Crippen molar-refractivity contribution >= 4 is 25.8 Å². The molecular weight excluding hydrogens is 280 g/mol. The largest absolute Gasteiger partial charge is 0.399 e. The molecule has 0 aliphatic rings. The molecule has 9 heteroatoms. The molecule has 4 N–H and O–H groups in total. The van der Waals surface area contributed by atoms with E-state index >= 15 is 0 Å². The summed E-state index contributed by atoms with van der Waals surface area (Å²) in [5.41, 5.74) is 6.63. The normalized spacial score (nSPS) is 12.6. The molecular formula is C9H14N2O5S2. The van der Waals surface area contributed by atoms with Gasteiger partial charge >= 0.3 is 0 Å².